The smallest absolute Gasteiger partial charge is 0.283 e. The summed E-state index contributed by atoms with van der Waals surface area (Å²) in [5.41, 5.74) is 3.36. The van der Waals surface area contributed by atoms with Crippen molar-refractivity contribution in [2.75, 3.05) is 31.1 Å². The molecule has 35 heavy (non-hydrogen) atoms. The lowest BCUT2D eigenvalue weighted by Gasteiger charge is -2.34. The zero-order valence-electron chi connectivity index (χ0n) is 19.5. The van der Waals surface area contributed by atoms with Crippen LogP contribution in [0.25, 0.3) is 0 Å². The summed E-state index contributed by atoms with van der Waals surface area (Å²) >= 11 is 7.76. The summed E-state index contributed by atoms with van der Waals surface area (Å²) in [6, 6.07) is 25.5. The van der Waals surface area contributed by atoms with Crippen LogP contribution in [0.2, 0.25) is 5.02 Å². The number of para-hydroxylation sites is 1. The van der Waals surface area contributed by atoms with Crippen LogP contribution in [0, 0.1) is 6.92 Å². The molecule has 0 bridgehead atoms. The van der Waals surface area contributed by atoms with Crippen LogP contribution in [0.3, 0.4) is 0 Å². The van der Waals surface area contributed by atoms with Crippen LogP contribution < -0.4 is 9.80 Å². The van der Waals surface area contributed by atoms with Crippen molar-refractivity contribution in [3.05, 3.63) is 106 Å². The molecule has 3 aromatic carbocycles. The van der Waals surface area contributed by atoms with Crippen molar-refractivity contribution in [2.24, 2.45) is 0 Å². The number of hydrogen-bond donors (Lipinski definition) is 1. The highest BCUT2D eigenvalue weighted by Gasteiger charge is 2.44. The first kappa shape index (κ1) is 23.7. The fourth-order valence-electron chi connectivity index (χ4n) is 4.55. The highest BCUT2D eigenvalue weighted by atomic mass is 35.5. The van der Waals surface area contributed by atoms with E-state index in [1.807, 2.05) is 37.3 Å². The molecule has 2 aliphatic heterocycles. The quantitative estimate of drug-likeness (QED) is 0.517. The Morgan fingerprint density at radius 2 is 1.51 bits per heavy atom. The number of carbonyl (C=O) groups is 2. The molecule has 1 N–H and O–H groups in total. The molecule has 0 aromatic heterocycles. The number of nitrogens with zero attached hydrogens (tertiary/aromatic N) is 2. The standard InChI is InChI=1S/C28H26ClN3O2S/c1-20-11-13-22(14-12-20)35-26-25(27(33)32(28(26)34)24-10-6-5-9-23(24)29)31-17-15-30(16-18-31)19-21-7-3-2-4-8-21/h2-14H,15-19H2,1H3/p+1. The molecule has 0 radical (unpaired) electrons. The lowest BCUT2D eigenvalue weighted by atomic mass is 10.2. The fourth-order valence-corrected chi connectivity index (χ4v) is 5.77. The lowest BCUT2D eigenvalue weighted by molar-refractivity contribution is -0.917. The van der Waals surface area contributed by atoms with Gasteiger partial charge in [-0.3, -0.25) is 9.59 Å². The third-order valence-electron chi connectivity index (χ3n) is 6.44. The summed E-state index contributed by atoms with van der Waals surface area (Å²) in [5, 5.41) is 0.382. The number of rotatable bonds is 6. The molecule has 3 aromatic rings. The monoisotopic (exact) mass is 504 g/mol. The van der Waals surface area contributed by atoms with Gasteiger partial charge in [0.1, 0.15) is 17.1 Å². The maximum Gasteiger partial charge on any atom is 0.283 e. The summed E-state index contributed by atoms with van der Waals surface area (Å²) in [6.45, 7) is 6.20. The molecule has 2 amide bonds. The van der Waals surface area contributed by atoms with Crippen molar-refractivity contribution >= 4 is 40.9 Å². The Labute approximate surface area is 215 Å². The number of aryl methyl sites for hydroxylation is 1. The van der Waals surface area contributed by atoms with Gasteiger partial charge in [-0.2, -0.15) is 0 Å². The molecule has 1 saturated heterocycles. The van der Waals surface area contributed by atoms with Gasteiger partial charge in [-0.25, -0.2) is 4.90 Å². The first-order valence-corrected chi connectivity index (χ1v) is 13.0. The highest BCUT2D eigenvalue weighted by molar-refractivity contribution is 8.04. The Morgan fingerprint density at radius 3 is 2.20 bits per heavy atom. The number of halogens is 1. The van der Waals surface area contributed by atoms with E-state index in [9.17, 15) is 9.59 Å². The number of amides is 2. The number of benzene rings is 3. The van der Waals surface area contributed by atoms with Crippen molar-refractivity contribution in [2.45, 2.75) is 18.4 Å². The Kier molecular flexibility index (Phi) is 6.95. The number of imide groups is 1. The van der Waals surface area contributed by atoms with E-state index in [4.69, 9.17) is 11.6 Å². The minimum absolute atomic E-state index is 0.302. The van der Waals surface area contributed by atoms with Crippen molar-refractivity contribution < 1.29 is 14.5 Å². The van der Waals surface area contributed by atoms with E-state index in [1.165, 1.54) is 27.1 Å². The van der Waals surface area contributed by atoms with Gasteiger partial charge in [-0.1, -0.05) is 83.5 Å². The van der Waals surface area contributed by atoms with Gasteiger partial charge in [0, 0.05) is 10.5 Å². The van der Waals surface area contributed by atoms with E-state index in [2.05, 4.69) is 29.2 Å². The van der Waals surface area contributed by atoms with Crippen LogP contribution in [0.1, 0.15) is 11.1 Å². The molecule has 2 heterocycles. The largest absolute Gasteiger partial charge is 0.355 e. The van der Waals surface area contributed by atoms with Gasteiger partial charge in [0.05, 0.1) is 36.9 Å². The van der Waals surface area contributed by atoms with Crippen LogP contribution in [0.4, 0.5) is 5.69 Å². The summed E-state index contributed by atoms with van der Waals surface area (Å²) in [6.07, 6.45) is 0. The second-order valence-corrected chi connectivity index (χ2v) is 10.4. The van der Waals surface area contributed by atoms with E-state index >= 15 is 0 Å². The molecule has 0 spiro atoms. The third kappa shape index (κ3) is 5.01. The molecule has 7 heteroatoms. The normalized spacial score (nSPS) is 17.0. The number of quaternary nitrogens is 1. The average Bonchev–Trinajstić information content (AvgIpc) is 3.11. The maximum absolute atomic E-state index is 13.7. The van der Waals surface area contributed by atoms with Gasteiger partial charge in [0.25, 0.3) is 11.8 Å². The summed E-state index contributed by atoms with van der Waals surface area (Å²) < 4.78 is 0. The summed E-state index contributed by atoms with van der Waals surface area (Å²) in [7, 11) is 0. The van der Waals surface area contributed by atoms with Crippen molar-refractivity contribution in [1.29, 1.82) is 0 Å². The van der Waals surface area contributed by atoms with Crippen LogP contribution in [0.5, 0.6) is 0 Å². The Bertz CT molecular complexity index is 1270. The summed E-state index contributed by atoms with van der Waals surface area (Å²) in [4.78, 5) is 33.5. The highest BCUT2D eigenvalue weighted by Crippen LogP contribution is 2.40. The summed E-state index contributed by atoms with van der Waals surface area (Å²) in [5.74, 6) is -0.619. The van der Waals surface area contributed by atoms with Crippen LogP contribution in [-0.4, -0.2) is 42.9 Å². The number of hydrogen-bond acceptors (Lipinski definition) is 4. The molecule has 178 valence electrons. The molecule has 0 unspecified atom stereocenters. The van der Waals surface area contributed by atoms with E-state index in [1.54, 1.807) is 24.3 Å². The zero-order chi connectivity index (χ0) is 24.4. The number of nitrogens with one attached hydrogen (secondary N) is 1. The topological polar surface area (TPSA) is 45.1 Å². The van der Waals surface area contributed by atoms with Gasteiger partial charge in [0.15, 0.2) is 0 Å². The van der Waals surface area contributed by atoms with E-state index in [0.29, 0.717) is 34.4 Å². The van der Waals surface area contributed by atoms with Gasteiger partial charge in [-0.05, 0) is 31.2 Å². The van der Waals surface area contributed by atoms with E-state index in [-0.39, 0.29) is 11.8 Å². The maximum atomic E-state index is 13.7. The number of thioether (sulfide) groups is 1. The molecular weight excluding hydrogens is 478 g/mol. The Balaban J connectivity index is 1.42. The zero-order valence-corrected chi connectivity index (χ0v) is 21.1. The molecular formula is C28H27ClN3O2S+. The molecule has 1 fully saturated rings. The molecule has 2 aliphatic rings. The Morgan fingerprint density at radius 1 is 0.857 bits per heavy atom. The van der Waals surface area contributed by atoms with Gasteiger partial charge in [-0.15, -0.1) is 0 Å². The first-order chi connectivity index (χ1) is 17.0. The van der Waals surface area contributed by atoms with Crippen molar-refractivity contribution in [3.63, 3.8) is 0 Å². The fraction of sp³-hybridized carbons (Fsp3) is 0.214. The Hall–Kier alpha value is -3.06. The minimum atomic E-state index is -0.317. The number of anilines is 1. The van der Waals surface area contributed by atoms with Crippen LogP contribution >= 0.6 is 23.4 Å². The predicted octanol–water partition coefficient (Wildman–Crippen LogP) is 3.93. The second kappa shape index (κ2) is 10.3. The minimum Gasteiger partial charge on any atom is -0.355 e. The molecule has 0 aliphatic carbocycles. The molecule has 5 nitrogen and oxygen atoms in total. The molecule has 0 saturated carbocycles. The van der Waals surface area contributed by atoms with Crippen molar-refractivity contribution in [3.8, 4) is 0 Å². The van der Waals surface area contributed by atoms with Gasteiger partial charge < -0.3 is 9.80 Å². The molecule has 5 rings (SSSR count). The van der Waals surface area contributed by atoms with Gasteiger partial charge in [0.2, 0.25) is 0 Å². The van der Waals surface area contributed by atoms with Crippen LogP contribution in [-0.2, 0) is 16.1 Å². The van der Waals surface area contributed by atoms with E-state index < -0.39 is 0 Å². The van der Waals surface area contributed by atoms with Gasteiger partial charge >= 0.3 is 0 Å². The number of piperazine rings is 1. The van der Waals surface area contributed by atoms with E-state index in [0.717, 1.165) is 30.1 Å². The number of carbonyl (C=O) groups excluding carboxylic acids is 2. The van der Waals surface area contributed by atoms with Crippen molar-refractivity contribution in [1.82, 2.24) is 4.90 Å². The van der Waals surface area contributed by atoms with Crippen LogP contribution in [0.15, 0.2) is 94.4 Å². The second-order valence-electron chi connectivity index (χ2n) is 8.89. The first-order valence-electron chi connectivity index (χ1n) is 11.8. The predicted molar refractivity (Wildman–Crippen MR) is 140 cm³/mol. The lowest BCUT2D eigenvalue weighted by Crippen LogP contribution is -3.13. The average molecular weight is 505 g/mol. The molecule has 0 atom stereocenters. The SMILES string of the molecule is Cc1ccc(SC2=C(N3CC[NH+](Cc4ccccc4)CC3)C(=O)N(c3ccccc3Cl)C2=O)cc1. The third-order valence-corrected chi connectivity index (χ3v) is 7.84.